The zero-order valence-corrected chi connectivity index (χ0v) is 39.5. The van der Waals surface area contributed by atoms with Crippen LogP contribution in [0.5, 0.6) is 0 Å². The Balaban J connectivity index is 1.35. The summed E-state index contributed by atoms with van der Waals surface area (Å²) >= 11 is 1.05. The number of ether oxygens (including phenoxy) is 1. The molecule has 2 amide bonds. The normalized spacial score (nSPS) is 20.7. The van der Waals surface area contributed by atoms with E-state index in [1.807, 2.05) is 6.08 Å². The summed E-state index contributed by atoms with van der Waals surface area (Å²) in [7, 11) is -17.6. The number of carbonyl (C=O) groups excluding carboxylic acids is 3. The minimum Gasteiger partial charge on any atom is -0.790 e. The quantitative estimate of drug-likeness (QED) is 0.0411. The van der Waals surface area contributed by atoms with E-state index in [2.05, 4.69) is 57.3 Å². The minimum atomic E-state index is -5.92. The van der Waals surface area contributed by atoms with E-state index in [9.17, 15) is 57.9 Å². The van der Waals surface area contributed by atoms with Gasteiger partial charge in [0.15, 0.2) is 17.7 Å². The number of phosphoric ester groups is 3. The van der Waals surface area contributed by atoms with E-state index < -0.39 is 84.6 Å². The summed E-state index contributed by atoms with van der Waals surface area (Å²) < 4.78 is 60.7. The Morgan fingerprint density at radius 3 is 2.31 bits per heavy atom. The number of rotatable bonds is 30. The summed E-state index contributed by atoms with van der Waals surface area (Å²) in [5.74, 6) is -0.454. The van der Waals surface area contributed by atoms with Crippen molar-refractivity contribution in [2.24, 2.45) is 11.3 Å². The van der Waals surface area contributed by atoms with Crippen LogP contribution in [0.15, 0.2) is 24.8 Å². The predicted molar refractivity (Wildman–Crippen MR) is 224 cm³/mol. The van der Waals surface area contributed by atoms with Crippen LogP contribution in [0.25, 0.3) is 11.2 Å². The van der Waals surface area contributed by atoms with Crippen LogP contribution >= 0.6 is 35.2 Å². The molecule has 7 atom stereocenters. The number of phosphoric acid groups is 3. The summed E-state index contributed by atoms with van der Waals surface area (Å²) in [4.78, 5) is 96.6. The van der Waals surface area contributed by atoms with E-state index in [1.54, 1.807) is 0 Å². The molecule has 24 nitrogen and oxygen atoms in total. The lowest BCUT2D eigenvalue weighted by Crippen LogP contribution is -2.46. The molecule has 0 aliphatic carbocycles. The van der Waals surface area contributed by atoms with Crippen LogP contribution in [0.4, 0.5) is 5.82 Å². The number of hydrogen-bond acceptors (Lipinski definition) is 22. The van der Waals surface area contributed by atoms with Crippen molar-refractivity contribution in [2.75, 3.05) is 37.8 Å². The van der Waals surface area contributed by atoms with Crippen LogP contribution in [0, 0.1) is 11.3 Å². The molecule has 6 N–H and O–H groups in total. The standard InChI is InChI=1S/C36H62N7O17P3S/c1-24(2)14-12-10-8-6-5-7-9-11-13-15-27(45)64-19-18-38-26(44)16-17-39-34(48)31(47)36(3,4)21-57-63(54,55)60-62(52,53)56-20-25-30(59-61(49,50)51)29(46)35(58-25)43-23-42-28-32(37)40-22-41-33(28)43/h13,15,22-25,29-31,35,46-47H,5-12,14,16-21H2,1-4H3,(H,38,44)(H,39,48)(H,52,53)(H,54,55)(H2,37,40,41)(H2,49,50,51)/p-4/b15-13+/t25-,29-,30-,31+,35-/m1/s1. The van der Waals surface area contributed by atoms with Gasteiger partial charge < -0.3 is 69.0 Å². The maximum Gasteiger partial charge on any atom is 0.274 e. The van der Waals surface area contributed by atoms with Gasteiger partial charge in [-0.3, -0.25) is 28.1 Å². The van der Waals surface area contributed by atoms with Crippen LogP contribution in [0.2, 0.25) is 0 Å². The lowest BCUT2D eigenvalue weighted by atomic mass is 9.87. The maximum atomic E-state index is 12.6. The number of nitrogens with one attached hydrogen (secondary N) is 2. The monoisotopic (exact) mass is 985 g/mol. The number of nitrogens with zero attached hydrogens (tertiary/aromatic N) is 4. The number of allylic oxidation sites excluding steroid dienone is 1. The van der Waals surface area contributed by atoms with E-state index in [4.69, 9.17) is 10.5 Å². The van der Waals surface area contributed by atoms with Crippen LogP contribution < -0.4 is 35.9 Å². The molecule has 1 aliphatic heterocycles. The molecule has 2 unspecified atom stereocenters. The van der Waals surface area contributed by atoms with Crippen molar-refractivity contribution >= 4 is 69.1 Å². The molecule has 0 spiro atoms. The van der Waals surface area contributed by atoms with E-state index in [-0.39, 0.29) is 41.6 Å². The Morgan fingerprint density at radius 1 is 0.984 bits per heavy atom. The molecule has 1 fully saturated rings. The lowest BCUT2D eigenvalue weighted by molar-refractivity contribution is -0.347. The van der Waals surface area contributed by atoms with E-state index >= 15 is 0 Å². The highest BCUT2D eigenvalue weighted by Crippen LogP contribution is 2.56. The highest BCUT2D eigenvalue weighted by atomic mass is 32.2. The predicted octanol–water partition coefficient (Wildman–Crippen LogP) is 0.860. The van der Waals surface area contributed by atoms with Gasteiger partial charge in [-0.1, -0.05) is 90.5 Å². The second kappa shape index (κ2) is 26.0. The fourth-order valence-corrected chi connectivity index (χ4v) is 9.52. The molecular formula is C36H58N7O17P3S-4. The van der Waals surface area contributed by atoms with Gasteiger partial charge >= 0.3 is 0 Å². The summed E-state index contributed by atoms with van der Waals surface area (Å²) in [5.41, 5.74) is 4.08. The van der Waals surface area contributed by atoms with Crippen molar-refractivity contribution < 1.29 is 80.5 Å². The molecule has 1 aliphatic rings. The fourth-order valence-electron chi connectivity index (χ4n) is 6.19. The molecule has 2 aromatic heterocycles. The number of carbonyl (C=O) groups is 3. The second-order valence-electron chi connectivity index (χ2n) is 16.0. The molecule has 0 aromatic carbocycles. The van der Waals surface area contributed by atoms with E-state index in [0.29, 0.717) is 5.75 Å². The van der Waals surface area contributed by atoms with Gasteiger partial charge in [0.25, 0.3) is 15.6 Å². The first-order chi connectivity index (χ1) is 29.9. The molecule has 64 heavy (non-hydrogen) atoms. The minimum absolute atomic E-state index is 0.0200. The number of anilines is 1. The molecule has 1 saturated heterocycles. The lowest BCUT2D eigenvalue weighted by Gasteiger charge is -2.36. The van der Waals surface area contributed by atoms with Crippen LogP contribution in [-0.2, 0) is 50.7 Å². The highest BCUT2D eigenvalue weighted by molar-refractivity contribution is 8.14. The van der Waals surface area contributed by atoms with Crippen molar-refractivity contribution in [3.63, 3.8) is 0 Å². The summed E-state index contributed by atoms with van der Waals surface area (Å²) in [6.07, 6.45) is 6.32. The van der Waals surface area contributed by atoms with Crippen molar-refractivity contribution in [1.29, 1.82) is 0 Å². The third-order valence-electron chi connectivity index (χ3n) is 9.63. The van der Waals surface area contributed by atoms with Gasteiger partial charge in [-0.25, -0.2) is 19.3 Å². The average Bonchev–Trinajstić information content (AvgIpc) is 3.76. The summed E-state index contributed by atoms with van der Waals surface area (Å²) in [6.45, 7) is 4.60. The van der Waals surface area contributed by atoms with Gasteiger partial charge in [-0.05, 0) is 24.8 Å². The number of unbranched alkanes of at least 4 members (excludes halogenated alkanes) is 7. The van der Waals surface area contributed by atoms with E-state index in [0.717, 1.165) is 54.2 Å². The third-order valence-corrected chi connectivity index (χ3v) is 13.5. The van der Waals surface area contributed by atoms with Crippen molar-refractivity contribution in [3.8, 4) is 0 Å². The van der Waals surface area contributed by atoms with Crippen molar-refractivity contribution in [3.05, 3.63) is 24.8 Å². The first-order valence-corrected chi connectivity index (χ1v) is 25.9. The Kier molecular flexibility index (Phi) is 22.6. The zero-order valence-electron chi connectivity index (χ0n) is 36.0. The van der Waals surface area contributed by atoms with Crippen molar-refractivity contribution in [1.82, 2.24) is 30.2 Å². The Morgan fingerprint density at radius 2 is 1.64 bits per heavy atom. The number of aliphatic hydroxyl groups is 2. The number of fused-ring (bicyclic) bond motifs is 1. The smallest absolute Gasteiger partial charge is 0.274 e. The van der Waals surface area contributed by atoms with Crippen molar-refractivity contribution in [2.45, 2.75) is 123 Å². The van der Waals surface area contributed by atoms with Crippen LogP contribution in [-0.4, -0.2) is 103 Å². The van der Waals surface area contributed by atoms with Crippen LogP contribution in [0.3, 0.4) is 0 Å². The summed E-state index contributed by atoms with van der Waals surface area (Å²) in [6, 6.07) is 0. The largest absolute Gasteiger partial charge is 0.790 e. The zero-order chi connectivity index (χ0) is 47.7. The average molecular weight is 986 g/mol. The Bertz CT molecular complexity index is 2000. The molecule has 364 valence electrons. The second-order valence-corrected chi connectivity index (χ2v) is 21.2. The molecule has 0 bridgehead atoms. The number of nitrogen functional groups attached to an aromatic ring is 1. The number of aromatic nitrogens is 4. The number of aliphatic hydroxyl groups excluding tert-OH is 2. The molecule has 3 rings (SSSR count). The number of amides is 2. The SMILES string of the molecule is CC(C)CCCCCCCCC/C=C/C(=O)SCCNC(=O)CCNC(=O)[C@H](O)C(C)(C)COP(=O)([O-])OP(=O)([O-])OC[C@H]1O[C@@H](n2cnc3c(N)ncnc32)[C@H](O)[C@@H]1OP(=O)([O-])[O-]. The first kappa shape index (κ1) is 55.6. The molecule has 2 aromatic rings. The van der Waals surface area contributed by atoms with Gasteiger partial charge in [0, 0.05) is 30.7 Å². The number of imidazole rings is 1. The van der Waals surface area contributed by atoms with Crippen LogP contribution in [0.1, 0.15) is 98.1 Å². The van der Waals surface area contributed by atoms with Gasteiger partial charge in [-0.2, -0.15) is 0 Å². The van der Waals surface area contributed by atoms with Gasteiger partial charge in [0.05, 0.1) is 27.4 Å². The molecule has 3 heterocycles. The van der Waals surface area contributed by atoms with Gasteiger partial charge in [-0.15, -0.1) is 0 Å². The number of nitrogens with two attached hydrogens (primary N) is 1. The van der Waals surface area contributed by atoms with E-state index in [1.165, 1.54) is 58.4 Å². The topological polar surface area (TPSA) is 375 Å². The van der Waals surface area contributed by atoms with Gasteiger partial charge in [0.1, 0.15) is 36.3 Å². The number of thioether (sulfide) groups is 1. The molecule has 0 saturated carbocycles. The Hall–Kier alpha value is -2.70. The molecule has 28 heteroatoms. The Labute approximate surface area is 375 Å². The highest BCUT2D eigenvalue weighted by Gasteiger charge is 2.47. The molecule has 0 radical (unpaired) electrons. The third kappa shape index (κ3) is 19.6. The number of hydrogen-bond donors (Lipinski definition) is 5. The maximum absolute atomic E-state index is 12.6. The summed E-state index contributed by atoms with van der Waals surface area (Å²) in [5, 5.41) is 26.2. The first-order valence-electron chi connectivity index (χ1n) is 20.6. The molecular weight excluding hydrogens is 927 g/mol. The fraction of sp³-hybridized carbons (Fsp3) is 0.722. The van der Waals surface area contributed by atoms with Gasteiger partial charge in [0.2, 0.25) is 16.9 Å².